The topological polar surface area (TPSA) is 49.4 Å². The fourth-order valence-corrected chi connectivity index (χ4v) is 2.23. The first-order valence-electron chi connectivity index (χ1n) is 6.58. The molecule has 1 N–H and O–H groups in total. The first-order chi connectivity index (χ1) is 8.10. The van der Waals surface area contributed by atoms with Crippen molar-refractivity contribution in [2.75, 3.05) is 20.1 Å². The Kier molecular flexibility index (Phi) is 5.62. The van der Waals surface area contributed by atoms with Gasteiger partial charge in [-0.1, -0.05) is 20.3 Å². The monoisotopic (exact) mass is 240 g/mol. The van der Waals surface area contributed by atoms with Gasteiger partial charge < -0.3 is 5.32 Å². The van der Waals surface area contributed by atoms with Gasteiger partial charge in [0.15, 0.2) is 0 Å². The van der Waals surface area contributed by atoms with Crippen molar-refractivity contribution in [2.45, 2.75) is 45.6 Å². The standard InChI is InChI=1S/C13H24N2O2/c1-4-10(2)12(16)9-15-8-6-5-7-11(15)13(17)14-3/h10-11H,4-9H2,1-3H3,(H,14,17). The number of likely N-dealkylation sites (tertiary alicyclic amines) is 1. The number of Topliss-reactive ketones (excluding diaryl/α,β-unsaturated/α-hetero) is 1. The van der Waals surface area contributed by atoms with Gasteiger partial charge in [0.1, 0.15) is 5.78 Å². The number of carbonyl (C=O) groups excluding carboxylic acids is 2. The lowest BCUT2D eigenvalue weighted by atomic mass is 9.98. The van der Waals surface area contributed by atoms with Crippen molar-refractivity contribution in [1.82, 2.24) is 10.2 Å². The van der Waals surface area contributed by atoms with Crippen LogP contribution < -0.4 is 5.32 Å². The van der Waals surface area contributed by atoms with Crippen LogP contribution in [0.1, 0.15) is 39.5 Å². The van der Waals surface area contributed by atoms with Gasteiger partial charge in [0.2, 0.25) is 5.91 Å². The molecule has 1 rings (SSSR count). The maximum atomic E-state index is 11.9. The summed E-state index contributed by atoms with van der Waals surface area (Å²) >= 11 is 0. The van der Waals surface area contributed by atoms with Gasteiger partial charge >= 0.3 is 0 Å². The van der Waals surface area contributed by atoms with Crippen LogP contribution in [0.3, 0.4) is 0 Å². The highest BCUT2D eigenvalue weighted by Gasteiger charge is 2.29. The highest BCUT2D eigenvalue weighted by molar-refractivity contribution is 5.85. The Morgan fingerprint density at radius 2 is 2.12 bits per heavy atom. The van der Waals surface area contributed by atoms with Crippen molar-refractivity contribution >= 4 is 11.7 Å². The highest BCUT2D eigenvalue weighted by atomic mass is 16.2. The van der Waals surface area contributed by atoms with E-state index in [4.69, 9.17) is 0 Å². The molecule has 0 aromatic heterocycles. The molecule has 0 aromatic rings. The number of amides is 1. The number of rotatable bonds is 5. The highest BCUT2D eigenvalue weighted by Crippen LogP contribution is 2.18. The number of nitrogens with one attached hydrogen (secondary N) is 1. The van der Waals surface area contributed by atoms with Crippen LogP contribution in [-0.4, -0.2) is 42.8 Å². The van der Waals surface area contributed by atoms with E-state index in [2.05, 4.69) is 5.32 Å². The Morgan fingerprint density at radius 1 is 1.41 bits per heavy atom. The second kappa shape index (κ2) is 6.74. The maximum absolute atomic E-state index is 11.9. The summed E-state index contributed by atoms with van der Waals surface area (Å²) in [5.41, 5.74) is 0. The Labute approximate surface area is 104 Å². The second-order valence-corrected chi connectivity index (χ2v) is 4.87. The number of hydrogen-bond acceptors (Lipinski definition) is 3. The third-order valence-electron chi connectivity index (χ3n) is 3.68. The molecule has 1 aliphatic heterocycles. The van der Waals surface area contributed by atoms with E-state index >= 15 is 0 Å². The zero-order chi connectivity index (χ0) is 12.8. The fraction of sp³-hybridized carbons (Fsp3) is 0.846. The van der Waals surface area contributed by atoms with Gasteiger partial charge in [0, 0.05) is 13.0 Å². The molecular formula is C13H24N2O2. The molecule has 0 saturated carbocycles. The minimum atomic E-state index is -0.109. The van der Waals surface area contributed by atoms with Crippen molar-refractivity contribution in [3.8, 4) is 0 Å². The van der Waals surface area contributed by atoms with E-state index in [1.807, 2.05) is 18.7 Å². The average molecular weight is 240 g/mol. The fourth-order valence-electron chi connectivity index (χ4n) is 2.23. The summed E-state index contributed by atoms with van der Waals surface area (Å²) in [4.78, 5) is 25.7. The van der Waals surface area contributed by atoms with Crippen LogP contribution in [0.5, 0.6) is 0 Å². The lowest BCUT2D eigenvalue weighted by Crippen LogP contribution is -2.50. The Morgan fingerprint density at radius 3 is 2.71 bits per heavy atom. The molecule has 0 radical (unpaired) electrons. The van der Waals surface area contributed by atoms with Gasteiger partial charge in [-0.3, -0.25) is 14.5 Å². The van der Waals surface area contributed by atoms with Crippen molar-refractivity contribution in [1.29, 1.82) is 0 Å². The lowest BCUT2D eigenvalue weighted by molar-refractivity contribution is -0.130. The Hall–Kier alpha value is -0.900. The number of hydrogen-bond donors (Lipinski definition) is 1. The smallest absolute Gasteiger partial charge is 0.237 e. The summed E-state index contributed by atoms with van der Waals surface area (Å²) in [5.74, 6) is 0.396. The Balaban J connectivity index is 2.59. The third kappa shape index (κ3) is 3.80. The maximum Gasteiger partial charge on any atom is 0.237 e. The van der Waals surface area contributed by atoms with Crippen LogP contribution in [0.15, 0.2) is 0 Å². The van der Waals surface area contributed by atoms with Gasteiger partial charge in [0.25, 0.3) is 0 Å². The molecule has 0 aromatic carbocycles. The van der Waals surface area contributed by atoms with Crippen molar-refractivity contribution < 1.29 is 9.59 Å². The molecule has 98 valence electrons. The van der Waals surface area contributed by atoms with Gasteiger partial charge in [-0.15, -0.1) is 0 Å². The molecule has 4 heteroatoms. The molecule has 1 amide bonds. The summed E-state index contributed by atoms with van der Waals surface area (Å²) in [6.07, 6.45) is 3.90. The van der Waals surface area contributed by atoms with Crippen LogP contribution in [0.25, 0.3) is 0 Å². The number of ketones is 1. The normalized spacial score (nSPS) is 23.1. The average Bonchev–Trinajstić information content (AvgIpc) is 2.37. The minimum Gasteiger partial charge on any atom is -0.358 e. The van der Waals surface area contributed by atoms with Crippen molar-refractivity contribution in [2.24, 2.45) is 5.92 Å². The van der Waals surface area contributed by atoms with E-state index in [0.29, 0.717) is 6.54 Å². The third-order valence-corrected chi connectivity index (χ3v) is 3.68. The quantitative estimate of drug-likeness (QED) is 0.785. The molecule has 2 unspecified atom stereocenters. The predicted octanol–water partition coefficient (Wildman–Crippen LogP) is 1.20. The summed E-state index contributed by atoms with van der Waals surface area (Å²) < 4.78 is 0. The molecule has 1 fully saturated rings. The van der Waals surface area contributed by atoms with Crippen LogP contribution in [0, 0.1) is 5.92 Å². The molecule has 0 spiro atoms. The van der Waals surface area contributed by atoms with Gasteiger partial charge in [0.05, 0.1) is 12.6 Å². The largest absolute Gasteiger partial charge is 0.358 e. The van der Waals surface area contributed by atoms with E-state index in [9.17, 15) is 9.59 Å². The van der Waals surface area contributed by atoms with E-state index in [0.717, 1.165) is 32.2 Å². The molecule has 17 heavy (non-hydrogen) atoms. The molecule has 1 saturated heterocycles. The lowest BCUT2D eigenvalue weighted by Gasteiger charge is -2.34. The van der Waals surface area contributed by atoms with E-state index in [-0.39, 0.29) is 23.7 Å². The SMILES string of the molecule is CCC(C)C(=O)CN1CCCCC1C(=O)NC. The number of likely N-dealkylation sites (N-methyl/N-ethyl adjacent to an activating group) is 1. The van der Waals surface area contributed by atoms with Gasteiger partial charge in [-0.2, -0.15) is 0 Å². The second-order valence-electron chi connectivity index (χ2n) is 4.87. The van der Waals surface area contributed by atoms with Gasteiger partial charge in [-0.25, -0.2) is 0 Å². The predicted molar refractivity (Wildman–Crippen MR) is 67.7 cm³/mol. The number of piperidine rings is 1. The zero-order valence-corrected chi connectivity index (χ0v) is 11.2. The van der Waals surface area contributed by atoms with Crippen LogP contribution in [-0.2, 0) is 9.59 Å². The Bertz CT molecular complexity index is 279. The van der Waals surface area contributed by atoms with E-state index in [1.54, 1.807) is 7.05 Å². The summed E-state index contributed by atoms with van der Waals surface area (Å²) in [7, 11) is 1.66. The minimum absolute atomic E-state index is 0.0432. The van der Waals surface area contributed by atoms with Crippen LogP contribution in [0.2, 0.25) is 0 Å². The number of nitrogens with zero attached hydrogens (tertiary/aromatic N) is 1. The van der Waals surface area contributed by atoms with Crippen molar-refractivity contribution in [3.63, 3.8) is 0 Å². The molecule has 4 nitrogen and oxygen atoms in total. The number of carbonyl (C=O) groups is 2. The summed E-state index contributed by atoms with van der Waals surface area (Å²) in [6, 6.07) is -0.109. The van der Waals surface area contributed by atoms with E-state index in [1.165, 1.54) is 0 Å². The first kappa shape index (κ1) is 14.2. The molecule has 0 bridgehead atoms. The van der Waals surface area contributed by atoms with E-state index < -0.39 is 0 Å². The van der Waals surface area contributed by atoms with Crippen LogP contribution >= 0.6 is 0 Å². The first-order valence-corrected chi connectivity index (χ1v) is 6.58. The molecule has 2 atom stereocenters. The molecule has 0 aliphatic carbocycles. The molecule has 1 heterocycles. The van der Waals surface area contributed by atoms with Crippen molar-refractivity contribution in [3.05, 3.63) is 0 Å². The molecular weight excluding hydrogens is 216 g/mol. The summed E-state index contributed by atoms with van der Waals surface area (Å²) in [6.45, 7) is 5.27. The zero-order valence-electron chi connectivity index (χ0n) is 11.2. The van der Waals surface area contributed by atoms with Crippen LogP contribution in [0.4, 0.5) is 0 Å². The van der Waals surface area contributed by atoms with Gasteiger partial charge in [-0.05, 0) is 25.8 Å². The summed E-state index contributed by atoms with van der Waals surface area (Å²) in [5, 5.41) is 2.69. The molecule has 1 aliphatic rings.